The monoisotopic (exact) mass is 444 g/mol. The van der Waals surface area contributed by atoms with Gasteiger partial charge in [0.15, 0.2) is 0 Å². The van der Waals surface area contributed by atoms with Crippen molar-refractivity contribution in [3.05, 3.63) is 84.6 Å². The number of hydrogen-bond donors (Lipinski definition) is 2. The number of pyridine rings is 4. The van der Waals surface area contributed by atoms with Crippen LogP contribution in [0.3, 0.4) is 0 Å². The van der Waals surface area contributed by atoms with Crippen LogP contribution in [-0.2, 0) is 0 Å². The van der Waals surface area contributed by atoms with Gasteiger partial charge in [0.05, 0.1) is 40.0 Å². The summed E-state index contributed by atoms with van der Waals surface area (Å²) in [5.74, 6) is 0. The van der Waals surface area contributed by atoms with Gasteiger partial charge in [-0.2, -0.15) is 10.2 Å². The van der Waals surface area contributed by atoms with Gasteiger partial charge in [-0.25, -0.2) is 4.98 Å². The van der Waals surface area contributed by atoms with E-state index in [-0.39, 0.29) is 0 Å². The molecular formula is C26H20N8. The first kappa shape index (κ1) is 19.9. The molecule has 164 valence electrons. The number of aromatic nitrogens is 8. The minimum Gasteiger partial charge on any atom is -0.284 e. The molecule has 0 aliphatic heterocycles. The Balaban J connectivity index is 1.44. The SMILES string of the molecule is Cc1cccc(-c2n[nH]cc2-c2ccc3ncc(-c4cn[nH]c4-c4cccc(C)n4)cc3n2)n1. The molecule has 0 saturated heterocycles. The second-order valence-corrected chi connectivity index (χ2v) is 8.09. The van der Waals surface area contributed by atoms with E-state index in [9.17, 15) is 0 Å². The molecular weight excluding hydrogens is 424 g/mol. The predicted molar refractivity (Wildman–Crippen MR) is 131 cm³/mol. The Morgan fingerprint density at radius 3 is 2.32 bits per heavy atom. The summed E-state index contributed by atoms with van der Waals surface area (Å²) < 4.78 is 0. The van der Waals surface area contributed by atoms with Crippen molar-refractivity contribution < 1.29 is 0 Å². The quantitative estimate of drug-likeness (QED) is 0.389. The number of nitrogens with one attached hydrogen (secondary N) is 2. The Bertz CT molecular complexity index is 1530. The topological polar surface area (TPSA) is 109 Å². The summed E-state index contributed by atoms with van der Waals surface area (Å²) in [6.45, 7) is 3.94. The molecule has 0 bridgehead atoms. The lowest BCUT2D eigenvalue weighted by atomic mass is 10.0. The summed E-state index contributed by atoms with van der Waals surface area (Å²) in [5, 5.41) is 14.7. The van der Waals surface area contributed by atoms with Crippen LogP contribution in [0.15, 0.2) is 73.2 Å². The van der Waals surface area contributed by atoms with Crippen molar-refractivity contribution in [1.29, 1.82) is 0 Å². The summed E-state index contributed by atoms with van der Waals surface area (Å²) >= 11 is 0. The Hall–Kier alpha value is -4.72. The van der Waals surface area contributed by atoms with Gasteiger partial charge >= 0.3 is 0 Å². The molecule has 0 amide bonds. The normalized spacial score (nSPS) is 11.2. The minimum atomic E-state index is 0.766. The highest BCUT2D eigenvalue weighted by Crippen LogP contribution is 2.32. The summed E-state index contributed by atoms with van der Waals surface area (Å²) in [6, 6.07) is 17.8. The first-order valence-corrected chi connectivity index (χ1v) is 10.9. The van der Waals surface area contributed by atoms with Gasteiger partial charge in [0.1, 0.15) is 5.69 Å². The highest BCUT2D eigenvalue weighted by atomic mass is 15.1. The maximum absolute atomic E-state index is 4.92. The van der Waals surface area contributed by atoms with E-state index in [1.807, 2.05) is 80.8 Å². The van der Waals surface area contributed by atoms with Crippen LogP contribution in [0.4, 0.5) is 0 Å². The van der Waals surface area contributed by atoms with Crippen molar-refractivity contribution >= 4 is 11.0 Å². The fourth-order valence-corrected chi connectivity index (χ4v) is 4.04. The molecule has 8 heteroatoms. The zero-order valence-electron chi connectivity index (χ0n) is 18.6. The van der Waals surface area contributed by atoms with Crippen molar-refractivity contribution in [3.63, 3.8) is 0 Å². The van der Waals surface area contributed by atoms with Crippen LogP contribution in [0.25, 0.3) is 56.2 Å². The molecule has 8 nitrogen and oxygen atoms in total. The van der Waals surface area contributed by atoms with Crippen LogP contribution in [0.2, 0.25) is 0 Å². The van der Waals surface area contributed by atoms with Gasteiger partial charge in [-0.3, -0.25) is 25.1 Å². The number of rotatable bonds is 4. The minimum absolute atomic E-state index is 0.766. The smallest absolute Gasteiger partial charge is 0.120 e. The van der Waals surface area contributed by atoms with Gasteiger partial charge in [0.25, 0.3) is 0 Å². The molecule has 0 saturated carbocycles. The molecule has 6 rings (SSSR count). The molecule has 0 aromatic carbocycles. The van der Waals surface area contributed by atoms with Gasteiger partial charge in [0, 0.05) is 40.5 Å². The van der Waals surface area contributed by atoms with Gasteiger partial charge < -0.3 is 0 Å². The van der Waals surface area contributed by atoms with Gasteiger partial charge in [-0.05, 0) is 56.3 Å². The molecule has 0 unspecified atom stereocenters. The second-order valence-electron chi connectivity index (χ2n) is 8.09. The fraction of sp³-hybridized carbons (Fsp3) is 0.0769. The number of H-pyrrole nitrogens is 2. The predicted octanol–water partition coefficient (Wildman–Crippen LogP) is 5.15. The van der Waals surface area contributed by atoms with E-state index in [2.05, 4.69) is 35.3 Å². The standard InChI is InChI=1S/C26H20N8/c1-15-5-3-7-22(30-15)25-18(13-28-33-25)17-11-24-21(27-12-17)10-9-20(32-24)19-14-29-34-26(19)23-8-4-6-16(2)31-23/h3-14H,1-2H3,(H,28,33)(H,29,34). The molecule has 0 spiro atoms. The first-order valence-electron chi connectivity index (χ1n) is 10.9. The van der Waals surface area contributed by atoms with E-state index in [0.29, 0.717) is 0 Å². The number of aryl methyl sites for hydroxylation is 2. The van der Waals surface area contributed by atoms with E-state index in [4.69, 9.17) is 4.98 Å². The zero-order chi connectivity index (χ0) is 23.1. The van der Waals surface area contributed by atoms with Crippen molar-refractivity contribution in [2.75, 3.05) is 0 Å². The Kier molecular flexibility index (Phi) is 4.69. The molecule has 6 aromatic heterocycles. The molecule has 0 aliphatic rings. The van der Waals surface area contributed by atoms with E-state index in [1.165, 1.54) is 0 Å². The highest BCUT2D eigenvalue weighted by molar-refractivity contribution is 5.87. The van der Waals surface area contributed by atoms with Gasteiger partial charge in [0.2, 0.25) is 0 Å². The van der Waals surface area contributed by atoms with Crippen LogP contribution >= 0.6 is 0 Å². The summed E-state index contributed by atoms with van der Waals surface area (Å²) in [6.07, 6.45) is 5.49. The zero-order valence-corrected chi connectivity index (χ0v) is 18.6. The number of fused-ring (bicyclic) bond motifs is 1. The van der Waals surface area contributed by atoms with E-state index in [0.717, 1.165) is 67.6 Å². The molecule has 0 aliphatic carbocycles. The molecule has 6 aromatic rings. The largest absolute Gasteiger partial charge is 0.284 e. The van der Waals surface area contributed by atoms with Crippen LogP contribution in [-0.4, -0.2) is 40.3 Å². The molecule has 0 fully saturated rings. The average molecular weight is 445 g/mol. The molecule has 6 heterocycles. The Morgan fingerprint density at radius 2 is 1.50 bits per heavy atom. The van der Waals surface area contributed by atoms with Crippen LogP contribution in [0.5, 0.6) is 0 Å². The fourth-order valence-electron chi connectivity index (χ4n) is 4.04. The average Bonchev–Trinajstić information content (AvgIpc) is 3.54. The maximum atomic E-state index is 4.92. The lowest BCUT2D eigenvalue weighted by molar-refractivity contribution is 1.08. The number of hydrogen-bond acceptors (Lipinski definition) is 6. The van der Waals surface area contributed by atoms with Gasteiger partial charge in [-0.15, -0.1) is 0 Å². The maximum Gasteiger partial charge on any atom is 0.120 e. The Labute approximate surface area is 195 Å². The Morgan fingerprint density at radius 1 is 0.706 bits per heavy atom. The lowest BCUT2D eigenvalue weighted by Crippen LogP contribution is -1.92. The van der Waals surface area contributed by atoms with E-state index < -0.39 is 0 Å². The van der Waals surface area contributed by atoms with Crippen molar-refractivity contribution in [2.24, 2.45) is 0 Å². The summed E-state index contributed by atoms with van der Waals surface area (Å²) in [5.41, 5.74) is 10.3. The summed E-state index contributed by atoms with van der Waals surface area (Å²) in [4.78, 5) is 18.8. The second kappa shape index (κ2) is 8.00. The van der Waals surface area contributed by atoms with E-state index in [1.54, 1.807) is 6.20 Å². The van der Waals surface area contributed by atoms with Crippen molar-refractivity contribution in [3.8, 4) is 45.2 Å². The van der Waals surface area contributed by atoms with Crippen molar-refractivity contribution in [2.45, 2.75) is 13.8 Å². The summed E-state index contributed by atoms with van der Waals surface area (Å²) in [7, 11) is 0. The number of nitrogens with zero attached hydrogens (tertiary/aromatic N) is 6. The lowest BCUT2D eigenvalue weighted by Gasteiger charge is -2.07. The molecule has 2 N–H and O–H groups in total. The molecule has 34 heavy (non-hydrogen) atoms. The van der Waals surface area contributed by atoms with Gasteiger partial charge in [-0.1, -0.05) is 12.1 Å². The van der Waals surface area contributed by atoms with Crippen LogP contribution in [0.1, 0.15) is 11.4 Å². The third-order valence-electron chi connectivity index (χ3n) is 5.68. The first-order chi connectivity index (χ1) is 16.7. The molecule has 0 atom stereocenters. The highest BCUT2D eigenvalue weighted by Gasteiger charge is 2.16. The van der Waals surface area contributed by atoms with Crippen molar-refractivity contribution in [1.82, 2.24) is 40.3 Å². The molecule has 0 radical (unpaired) electrons. The van der Waals surface area contributed by atoms with Crippen LogP contribution in [0, 0.1) is 13.8 Å². The third-order valence-corrected chi connectivity index (χ3v) is 5.68. The van der Waals surface area contributed by atoms with E-state index >= 15 is 0 Å². The van der Waals surface area contributed by atoms with Crippen LogP contribution < -0.4 is 0 Å². The number of aromatic amines is 2. The third kappa shape index (κ3) is 3.51.